The predicted octanol–water partition coefficient (Wildman–Crippen LogP) is 2.52. The number of hydrazone groups is 1. The average Bonchev–Trinajstić information content (AvgIpc) is 2.62. The highest BCUT2D eigenvalue weighted by Gasteiger charge is 2.14. The molecule has 0 fully saturated rings. The number of methoxy groups -OCH3 is 1. The number of benzene rings is 2. The molecule has 2 aromatic carbocycles. The number of nitro groups is 1. The van der Waals surface area contributed by atoms with Gasteiger partial charge in [-0.15, -0.1) is 0 Å². The maximum absolute atomic E-state index is 12.0. The molecule has 0 radical (unpaired) electrons. The van der Waals surface area contributed by atoms with Crippen LogP contribution in [0.4, 0.5) is 5.69 Å². The van der Waals surface area contributed by atoms with E-state index in [0.29, 0.717) is 17.1 Å². The van der Waals surface area contributed by atoms with Crippen molar-refractivity contribution in [2.24, 2.45) is 5.10 Å². The molecular weight excluding hydrogens is 326 g/mol. The van der Waals surface area contributed by atoms with E-state index < -0.39 is 16.9 Å². The lowest BCUT2D eigenvalue weighted by Gasteiger charge is -2.12. The molecule has 1 N–H and O–H groups in total. The Balaban J connectivity index is 1.91. The summed E-state index contributed by atoms with van der Waals surface area (Å²) in [5, 5.41) is 14.5. The van der Waals surface area contributed by atoms with E-state index in [1.165, 1.54) is 30.5 Å². The molecule has 0 unspecified atom stereocenters. The third-order valence-electron chi connectivity index (χ3n) is 3.25. The van der Waals surface area contributed by atoms with Gasteiger partial charge in [-0.1, -0.05) is 12.1 Å². The third-order valence-corrected chi connectivity index (χ3v) is 3.25. The van der Waals surface area contributed by atoms with Crippen LogP contribution in [0.25, 0.3) is 0 Å². The van der Waals surface area contributed by atoms with Crippen LogP contribution in [-0.2, 0) is 4.79 Å². The number of carbonyl (C=O) groups is 1. The first-order valence-electron chi connectivity index (χ1n) is 7.38. The number of hydrogen-bond acceptors (Lipinski definition) is 6. The van der Waals surface area contributed by atoms with Gasteiger partial charge in [0.05, 0.1) is 18.2 Å². The Morgan fingerprint density at radius 3 is 2.56 bits per heavy atom. The SMILES string of the molecule is COc1ccccc1/C=N\NC(=O)[C@@H](C)Oc1ccc([N+](=O)[O-])cc1. The van der Waals surface area contributed by atoms with Crippen molar-refractivity contribution in [1.29, 1.82) is 0 Å². The van der Waals surface area contributed by atoms with Crippen LogP contribution >= 0.6 is 0 Å². The Morgan fingerprint density at radius 2 is 1.92 bits per heavy atom. The molecule has 130 valence electrons. The minimum Gasteiger partial charge on any atom is -0.496 e. The second-order valence-electron chi connectivity index (χ2n) is 4.99. The Bertz CT molecular complexity index is 774. The van der Waals surface area contributed by atoms with E-state index in [1.807, 2.05) is 12.1 Å². The maximum Gasteiger partial charge on any atom is 0.280 e. The van der Waals surface area contributed by atoms with Gasteiger partial charge >= 0.3 is 0 Å². The fraction of sp³-hybridized carbons (Fsp3) is 0.176. The highest BCUT2D eigenvalue weighted by Crippen LogP contribution is 2.18. The fourth-order valence-electron chi connectivity index (χ4n) is 1.93. The van der Waals surface area contributed by atoms with Crippen molar-refractivity contribution < 1.29 is 19.2 Å². The summed E-state index contributed by atoms with van der Waals surface area (Å²) in [5.41, 5.74) is 3.04. The smallest absolute Gasteiger partial charge is 0.280 e. The van der Waals surface area contributed by atoms with E-state index >= 15 is 0 Å². The van der Waals surface area contributed by atoms with E-state index in [9.17, 15) is 14.9 Å². The molecule has 0 heterocycles. The van der Waals surface area contributed by atoms with Gasteiger partial charge in [-0.2, -0.15) is 5.10 Å². The number of carbonyl (C=O) groups excluding carboxylic acids is 1. The van der Waals surface area contributed by atoms with Crippen molar-refractivity contribution in [2.45, 2.75) is 13.0 Å². The summed E-state index contributed by atoms with van der Waals surface area (Å²) in [5.74, 6) is 0.530. The van der Waals surface area contributed by atoms with Crippen molar-refractivity contribution in [1.82, 2.24) is 5.43 Å². The second-order valence-corrected chi connectivity index (χ2v) is 4.99. The van der Waals surface area contributed by atoms with Gasteiger partial charge in [0, 0.05) is 17.7 Å². The molecule has 0 aromatic heterocycles. The highest BCUT2D eigenvalue weighted by atomic mass is 16.6. The molecular formula is C17H17N3O5. The zero-order chi connectivity index (χ0) is 18.2. The first-order valence-corrected chi connectivity index (χ1v) is 7.38. The Hall–Kier alpha value is -3.42. The largest absolute Gasteiger partial charge is 0.496 e. The van der Waals surface area contributed by atoms with Gasteiger partial charge in [-0.25, -0.2) is 5.43 Å². The number of amides is 1. The lowest BCUT2D eigenvalue weighted by molar-refractivity contribution is -0.384. The first-order chi connectivity index (χ1) is 12.0. The van der Waals surface area contributed by atoms with E-state index in [4.69, 9.17) is 9.47 Å². The molecule has 0 spiro atoms. The van der Waals surface area contributed by atoms with Gasteiger partial charge in [0.2, 0.25) is 0 Å². The molecule has 0 aliphatic heterocycles. The summed E-state index contributed by atoms with van der Waals surface area (Å²) >= 11 is 0. The van der Waals surface area contributed by atoms with Crippen molar-refractivity contribution in [3.8, 4) is 11.5 Å². The van der Waals surface area contributed by atoms with Crippen LogP contribution in [0.1, 0.15) is 12.5 Å². The monoisotopic (exact) mass is 343 g/mol. The van der Waals surface area contributed by atoms with Gasteiger partial charge in [-0.3, -0.25) is 14.9 Å². The lowest BCUT2D eigenvalue weighted by atomic mass is 10.2. The fourth-order valence-corrected chi connectivity index (χ4v) is 1.93. The van der Waals surface area contributed by atoms with Gasteiger partial charge in [0.15, 0.2) is 6.10 Å². The van der Waals surface area contributed by atoms with Crippen LogP contribution in [0.5, 0.6) is 11.5 Å². The normalized spacial score (nSPS) is 11.8. The molecule has 2 rings (SSSR count). The zero-order valence-corrected chi connectivity index (χ0v) is 13.7. The van der Waals surface area contributed by atoms with Gasteiger partial charge in [0.25, 0.3) is 11.6 Å². The summed E-state index contributed by atoms with van der Waals surface area (Å²) in [6.07, 6.45) is 0.645. The molecule has 0 bridgehead atoms. The number of nitro benzene ring substituents is 1. The third kappa shape index (κ3) is 5.03. The summed E-state index contributed by atoms with van der Waals surface area (Å²) in [6.45, 7) is 1.55. The van der Waals surface area contributed by atoms with Crippen LogP contribution < -0.4 is 14.9 Å². The topological polar surface area (TPSA) is 103 Å². The number of rotatable bonds is 7. The number of non-ortho nitro benzene ring substituents is 1. The zero-order valence-electron chi connectivity index (χ0n) is 13.7. The molecule has 1 atom stereocenters. The van der Waals surface area contributed by atoms with Crippen LogP contribution in [0.3, 0.4) is 0 Å². The summed E-state index contributed by atoms with van der Waals surface area (Å²) in [7, 11) is 1.55. The molecule has 0 aliphatic carbocycles. The predicted molar refractivity (Wildman–Crippen MR) is 91.9 cm³/mol. The number of hydrogen-bond donors (Lipinski definition) is 1. The van der Waals surface area contributed by atoms with Gasteiger partial charge < -0.3 is 9.47 Å². The summed E-state index contributed by atoms with van der Waals surface area (Å²) in [4.78, 5) is 22.1. The van der Waals surface area contributed by atoms with Crippen molar-refractivity contribution in [2.75, 3.05) is 7.11 Å². The summed E-state index contributed by atoms with van der Waals surface area (Å²) in [6, 6.07) is 12.7. The lowest BCUT2D eigenvalue weighted by Crippen LogP contribution is -2.33. The van der Waals surface area contributed by atoms with Crippen molar-refractivity contribution in [3.05, 3.63) is 64.2 Å². The Morgan fingerprint density at radius 1 is 1.24 bits per heavy atom. The molecule has 0 aliphatic rings. The van der Waals surface area contributed by atoms with Gasteiger partial charge in [-0.05, 0) is 31.2 Å². The molecule has 1 amide bonds. The van der Waals surface area contributed by atoms with E-state index in [1.54, 1.807) is 26.2 Å². The maximum atomic E-state index is 12.0. The molecule has 25 heavy (non-hydrogen) atoms. The Kier molecular flexibility index (Phi) is 6.05. The number of nitrogens with one attached hydrogen (secondary N) is 1. The van der Waals surface area contributed by atoms with E-state index in [0.717, 1.165) is 0 Å². The van der Waals surface area contributed by atoms with Crippen LogP contribution in [0.2, 0.25) is 0 Å². The van der Waals surface area contributed by atoms with Crippen molar-refractivity contribution >= 4 is 17.8 Å². The van der Waals surface area contributed by atoms with E-state index in [-0.39, 0.29) is 5.69 Å². The highest BCUT2D eigenvalue weighted by molar-refractivity contribution is 5.86. The van der Waals surface area contributed by atoms with Crippen LogP contribution in [-0.4, -0.2) is 30.3 Å². The van der Waals surface area contributed by atoms with Gasteiger partial charge in [0.1, 0.15) is 11.5 Å². The molecule has 2 aromatic rings. The van der Waals surface area contributed by atoms with Crippen LogP contribution in [0, 0.1) is 10.1 Å². The quantitative estimate of drug-likeness (QED) is 0.473. The first kappa shape index (κ1) is 17.9. The number of para-hydroxylation sites is 1. The molecule has 0 saturated carbocycles. The molecule has 8 heteroatoms. The van der Waals surface area contributed by atoms with Crippen molar-refractivity contribution in [3.63, 3.8) is 0 Å². The summed E-state index contributed by atoms with van der Waals surface area (Å²) < 4.78 is 10.6. The molecule has 8 nitrogen and oxygen atoms in total. The number of nitrogens with zero attached hydrogens (tertiary/aromatic N) is 2. The van der Waals surface area contributed by atoms with E-state index in [2.05, 4.69) is 10.5 Å². The standard InChI is InChI=1S/C17H17N3O5/c1-12(25-15-9-7-14(8-10-15)20(22)23)17(21)19-18-11-13-5-3-4-6-16(13)24-2/h3-12H,1-2H3,(H,19,21)/b18-11-/t12-/m1/s1. The number of ether oxygens (including phenoxy) is 2. The Labute approximate surface area is 144 Å². The molecule has 0 saturated heterocycles. The average molecular weight is 343 g/mol. The minimum absolute atomic E-state index is 0.0501. The minimum atomic E-state index is -0.823. The second kappa shape index (κ2) is 8.44. The van der Waals surface area contributed by atoms with Crippen LogP contribution in [0.15, 0.2) is 53.6 Å².